The van der Waals surface area contributed by atoms with Crippen molar-refractivity contribution >= 4 is 34.2 Å². The first-order valence-corrected chi connectivity index (χ1v) is 9.04. The van der Waals surface area contributed by atoms with Gasteiger partial charge in [-0.15, -0.1) is 11.3 Å². The lowest BCUT2D eigenvalue weighted by atomic mass is 10.1. The minimum Gasteiger partial charge on any atom is -0.475 e. The van der Waals surface area contributed by atoms with E-state index >= 15 is 0 Å². The number of fused-ring (bicyclic) bond motifs is 1. The second kappa shape index (κ2) is 7.05. The number of hydrogen-bond acceptors (Lipinski definition) is 5. The first-order chi connectivity index (χ1) is 13.1. The van der Waals surface area contributed by atoms with E-state index in [1.54, 1.807) is 29.6 Å². The second-order valence-corrected chi connectivity index (χ2v) is 6.66. The van der Waals surface area contributed by atoms with Gasteiger partial charge in [0, 0.05) is 28.4 Å². The third-order valence-electron chi connectivity index (χ3n) is 4.08. The predicted molar refractivity (Wildman–Crippen MR) is 102 cm³/mol. The van der Waals surface area contributed by atoms with Gasteiger partial charge in [-0.25, -0.2) is 9.78 Å². The highest BCUT2D eigenvalue weighted by Gasteiger charge is 2.21. The van der Waals surface area contributed by atoms with Crippen molar-refractivity contribution in [1.82, 2.24) is 10.3 Å². The van der Waals surface area contributed by atoms with E-state index in [0.717, 1.165) is 10.6 Å². The largest absolute Gasteiger partial charge is 0.475 e. The number of benzene rings is 2. The summed E-state index contributed by atoms with van der Waals surface area (Å²) in [5, 5.41) is 15.2. The van der Waals surface area contributed by atoms with Crippen LogP contribution in [0.5, 0.6) is 0 Å². The number of nitrogens with one attached hydrogen (secondary N) is 1. The number of aromatic carboxylic acids is 1. The van der Waals surface area contributed by atoms with Crippen LogP contribution < -0.4 is 5.32 Å². The van der Waals surface area contributed by atoms with Gasteiger partial charge in [0.25, 0.3) is 5.91 Å². The highest BCUT2D eigenvalue weighted by atomic mass is 32.1. The van der Waals surface area contributed by atoms with E-state index in [0.29, 0.717) is 22.2 Å². The number of thiazole rings is 1. The Bertz CT molecular complexity index is 1130. The van der Waals surface area contributed by atoms with Gasteiger partial charge in [-0.1, -0.05) is 48.5 Å². The molecule has 0 radical (unpaired) electrons. The van der Waals surface area contributed by atoms with E-state index in [1.807, 2.05) is 30.3 Å². The summed E-state index contributed by atoms with van der Waals surface area (Å²) < 4.78 is 5.40. The predicted octanol–water partition coefficient (Wildman–Crippen LogP) is 4.18. The summed E-state index contributed by atoms with van der Waals surface area (Å²) in [5.74, 6) is -1.70. The molecule has 0 aliphatic heterocycles. The number of carbonyl (C=O) groups is 2. The fourth-order valence-corrected chi connectivity index (χ4v) is 3.60. The van der Waals surface area contributed by atoms with Crippen molar-refractivity contribution in [3.8, 4) is 10.6 Å². The molecule has 1 amide bonds. The SMILES string of the molecule is O=C(NCc1c(C(=O)O)oc2ccccc12)c1csc(-c2ccccc2)n1. The maximum absolute atomic E-state index is 12.5. The molecule has 0 saturated heterocycles. The molecule has 2 heterocycles. The third-order valence-corrected chi connectivity index (χ3v) is 4.97. The highest BCUT2D eigenvalue weighted by molar-refractivity contribution is 7.13. The van der Waals surface area contributed by atoms with E-state index in [2.05, 4.69) is 10.3 Å². The van der Waals surface area contributed by atoms with Crippen LogP contribution in [0.1, 0.15) is 26.6 Å². The lowest BCUT2D eigenvalue weighted by Crippen LogP contribution is -2.23. The smallest absolute Gasteiger partial charge is 0.372 e. The molecule has 134 valence electrons. The van der Waals surface area contributed by atoms with Crippen molar-refractivity contribution in [2.45, 2.75) is 6.54 Å². The normalized spacial score (nSPS) is 10.8. The number of para-hydroxylation sites is 1. The summed E-state index contributed by atoms with van der Waals surface area (Å²) >= 11 is 1.38. The van der Waals surface area contributed by atoms with E-state index in [1.165, 1.54) is 11.3 Å². The Labute approximate surface area is 158 Å². The number of furan rings is 1. The van der Waals surface area contributed by atoms with Gasteiger partial charge in [0.1, 0.15) is 16.3 Å². The molecule has 4 rings (SSSR count). The number of carbonyl (C=O) groups excluding carboxylic acids is 1. The molecule has 0 saturated carbocycles. The summed E-state index contributed by atoms with van der Waals surface area (Å²) in [4.78, 5) is 28.3. The Hall–Kier alpha value is -3.45. The van der Waals surface area contributed by atoms with Crippen molar-refractivity contribution in [3.05, 3.63) is 77.0 Å². The quantitative estimate of drug-likeness (QED) is 0.543. The molecule has 7 heteroatoms. The highest BCUT2D eigenvalue weighted by Crippen LogP contribution is 2.26. The first kappa shape index (κ1) is 17.0. The van der Waals surface area contributed by atoms with E-state index in [9.17, 15) is 14.7 Å². The van der Waals surface area contributed by atoms with Crippen LogP contribution in [-0.2, 0) is 6.54 Å². The summed E-state index contributed by atoms with van der Waals surface area (Å²) in [6, 6.07) is 16.6. The summed E-state index contributed by atoms with van der Waals surface area (Å²) in [6.45, 7) is 0.0374. The standard InChI is InChI=1S/C20H14N2O4S/c23-18(15-11-27-19(22-15)12-6-2-1-3-7-12)21-10-14-13-8-4-5-9-16(13)26-17(14)20(24)25/h1-9,11H,10H2,(H,21,23)(H,24,25). The number of carboxylic acid groups (broad SMARTS) is 1. The Morgan fingerprint density at radius 3 is 2.59 bits per heavy atom. The van der Waals surface area contributed by atoms with E-state index < -0.39 is 5.97 Å². The van der Waals surface area contributed by atoms with Crippen molar-refractivity contribution in [2.24, 2.45) is 0 Å². The average Bonchev–Trinajstić information content (AvgIpc) is 3.32. The molecule has 2 aromatic carbocycles. The molecule has 0 unspecified atom stereocenters. The van der Waals surface area contributed by atoms with Gasteiger partial charge in [0.15, 0.2) is 0 Å². The molecule has 0 aliphatic carbocycles. The van der Waals surface area contributed by atoms with Gasteiger partial charge >= 0.3 is 5.97 Å². The number of nitrogens with zero attached hydrogens (tertiary/aromatic N) is 1. The number of aromatic nitrogens is 1. The molecule has 4 aromatic rings. The lowest BCUT2D eigenvalue weighted by Gasteiger charge is -2.03. The fourth-order valence-electron chi connectivity index (χ4n) is 2.80. The molecule has 0 bridgehead atoms. The minimum absolute atomic E-state index is 0.0374. The molecular weight excluding hydrogens is 364 g/mol. The molecule has 0 spiro atoms. The topological polar surface area (TPSA) is 92.4 Å². The van der Waals surface area contributed by atoms with E-state index in [-0.39, 0.29) is 18.2 Å². The van der Waals surface area contributed by atoms with Gasteiger partial charge in [-0.3, -0.25) is 4.79 Å². The van der Waals surface area contributed by atoms with Crippen molar-refractivity contribution in [1.29, 1.82) is 0 Å². The van der Waals surface area contributed by atoms with Gasteiger partial charge in [-0.05, 0) is 6.07 Å². The van der Waals surface area contributed by atoms with E-state index in [4.69, 9.17) is 4.42 Å². The maximum atomic E-state index is 12.5. The van der Waals surface area contributed by atoms with Gasteiger partial charge in [0.2, 0.25) is 5.76 Å². The van der Waals surface area contributed by atoms with Crippen LogP contribution in [-0.4, -0.2) is 22.0 Å². The number of carboxylic acids is 1. The molecule has 2 aromatic heterocycles. The number of rotatable bonds is 5. The molecule has 2 N–H and O–H groups in total. The molecule has 27 heavy (non-hydrogen) atoms. The van der Waals surface area contributed by atoms with Crippen molar-refractivity contribution in [3.63, 3.8) is 0 Å². The van der Waals surface area contributed by atoms with Crippen molar-refractivity contribution in [2.75, 3.05) is 0 Å². The van der Waals surface area contributed by atoms with Crippen LogP contribution in [0.2, 0.25) is 0 Å². The minimum atomic E-state index is -1.17. The molecule has 6 nitrogen and oxygen atoms in total. The van der Waals surface area contributed by atoms with Crippen LogP contribution in [0.25, 0.3) is 21.5 Å². The Kier molecular flexibility index (Phi) is 4.43. The molecule has 0 aliphatic rings. The average molecular weight is 378 g/mol. The van der Waals surface area contributed by atoms with Gasteiger partial charge in [-0.2, -0.15) is 0 Å². The fraction of sp³-hybridized carbons (Fsp3) is 0.0500. The maximum Gasteiger partial charge on any atom is 0.372 e. The van der Waals surface area contributed by atoms with Gasteiger partial charge < -0.3 is 14.8 Å². The zero-order valence-electron chi connectivity index (χ0n) is 14.0. The first-order valence-electron chi connectivity index (χ1n) is 8.16. The summed E-state index contributed by atoms with van der Waals surface area (Å²) in [6.07, 6.45) is 0. The van der Waals surface area contributed by atoms with Crippen LogP contribution in [0.4, 0.5) is 0 Å². The second-order valence-electron chi connectivity index (χ2n) is 5.80. The number of hydrogen-bond donors (Lipinski definition) is 2. The van der Waals surface area contributed by atoms with Crippen LogP contribution in [0.15, 0.2) is 64.4 Å². The zero-order valence-corrected chi connectivity index (χ0v) is 14.8. The Morgan fingerprint density at radius 1 is 1.07 bits per heavy atom. The summed E-state index contributed by atoms with van der Waals surface area (Å²) in [5.41, 5.74) is 2.14. The van der Waals surface area contributed by atoms with Gasteiger partial charge in [0.05, 0.1) is 0 Å². The Balaban J connectivity index is 1.55. The number of amides is 1. The van der Waals surface area contributed by atoms with Crippen molar-refractivity contribution < 1.29 is 19.1 Å². The zero-order chi connectivity index (χ0) is 18.8. The monoisotopic (exact) mass is 378 g/mol. The molecule has 0 fully saturated rings. The third kappa shape index (κ3) is 3.32. The lowest BCUT2D eigenvalue weighted by molar-refractivity contribution is 0.0662. The molecular formula is C20H14N2O4S. The summed E-state index contributed by atoms with van der Waals surface area (Å²) in [7, 11) is 0. The van der Waals surface area contributed by atoms with Crippen LogP contribution >= 0.6 is 11.3 Å². The molecule has 0 atom stereocenters. The van der Waals surface area contributed by atoms with Crippen LogP contribution in [0.3, 0.4) is 0 Å². The Morgan fingerprint density at radius 2 is 1.81 bits per heavy atom. The van der Waals surface area contributed by atoms with Crippen LogP contribution in [0, 0.1) is 0 Å².